The standard InChI is InChI=1S/C13H17BrFN/c1-13(2,3)16-8-4-5-10-6-7-11(14)12(15)9-10/h4-7,9,16H,8H2,1-3H3/b5-4+. The summed E-state index contributed by atoms with van der Waals surface area (Å²) in [5.41, 5.74) is 0.978. The summed E-state index contributed by atoms with van der Waals surface area (Å²) in [6.45, 7) is 7.11. The molecule has 0 aliphatic rings. The molecule has 0 atom stereocenters. The molecule has 88 valence electrons. The summed E-state index contributed by atoms with van der Waals surface area (Å²) in [6, 6.07) is 5.10. The summed E-state index contributed by atoms with van der Waals surface area (Å²) >= 11 is 3.13. The lowest BCUT2D eigenvalue weighted by Gasteiger charge is -2.18. The first-order chi connectivity index (χ1) is 7.38. The van der Waals surface area contributed by atoms with E-state index in [1.807, 2.05) is 18.2 Å². The van der Waals surface area contributed by atoms with Gasteiger partial charge in [0.05, 0.1) is 4.47 Å². The second-order valence-electron chi connectivity index (χ2n) is 4.71. The monoisotopic (exact) mass is 285 g/mol. The zero-order chi connectivity index (χ0) is 12.2. The molecule has 0 aliphatic heterocycles. The molecule has 0 heterocycles. The Morgan fingerprint density at radius 3 is 2.62 bits per heavy atom. The molecule has 0 aromatic heterocycles. The minimum Gasteiger partial charge on any atom is -0.309 e. The lowest BCUT2D eigenvalue weighted by atomic mass is 10.1. The van der Waals surface area contributed by atoms with Gasteiger partial charge in [-0.05, 0) is 54.4 Å². The molecule has 16 heavy (non-hydrogen) atoms. The Bertz CT molecular complexity index is 380. The van der Waals surface area contributed by atoms with Crippen LogP contribution >= 0.6 is 15.9 Å². The second kappa shape index (κ2) is 5.60. The summed E-state index contributed by atoms with van der Waals surface area (Å²) in [5, 5.41) is 3.33. The van der Waals surface area contributed by atoms with Crippen molar-refractivity contribution in [2.45, 2.75) is 26.3 Å². The van der Waals surface area contributed by atoms with E-state index in [2.05, 4.69) is 42.0 Å². The van der Waals surface area contributed by atoms with Crippen molar-refractivity contribution >= 4 is 22.0 Å². The van der Waals surface area contributed by atoms with Crippen LogP contribution in [0.4, 0.5) is 4.39 Å². The predicted octanol–water partition coefficient (Wildman–Crippen LogP) is 3.99. The van der Waals surface area contributed by atoms with Crippen LogP contribution in [0.3, 0.4) is 0 Å². The third-order valence-corrected chi connectivity index (χ3v) is 2.65. The Balaban J connectivity index is 2.53. The molecule has 0 spiro atoms. The smallest absolute Gasteiger partial charge is 0.137 e. The van der Waals surface area contributed by atoms with Crippen molar-refractivity contribution in [1.29, 1.82) is 0 Å². The molecule has 0 saturated carbocycles. The van der Waals surface area contributed by atoms with Gasteiger partial charge in [-0.1, -0.05) is 18.2 Å². The molecule has 1 N–H and O–H groups in total. The van der Waals surface area contributed by atoms with Gasteiger partial charge in [0, 0.05) is 12.1 Å². The molecular weight excluding hydrogens is 269 g/mol. The van der Waals surface area contributed by atoms with Crippen molar-refractivity contribution in [1.82, 2.24) is 5.32 Å². The van der Waals surface area contributed by atoms with Gasteiger partial charge in [-0.2, -0.15) is 0 Å². The molecule has 0 bridgehead atoms. The summed E-state index contributed by atoms with van der Waals surface area (Å²) < 4.78 is 13.7. The normalized spacial score (nSPS) is 12.3. The van der Waals surface area contributed by atoms with E-state index >= 15 is 0 Å². The highest BCUT2D eigenvalue weighted by Crippen LogP contribution is 2.16. The van der Waals surface area contributed by atoms with Crippen LogP contribution in [0.1, 0.15) is 26.3 Å². The van der Waals surface area contributed by atoms with Crippen molar-refractivity contribution in [3.8, 4) is 0 Å². The molecule has 3 heteroatoms. The molecular formula is C13H17BrFN. The van der Waals surface area contributed by atoms with Gasteiger partial charge in [-0.3, -0.25) is 0 Å². The van der Waals surface area contributed by atoms with E-state index in [-0.39, 0.29) is 11.4 Å². The number of hydrogen-bond acceptors (Lipinski definition) is 1. The summed E-state index contributed by atoms with van der Waals surface area (Å²) in [5.74, 6) is -0.231. The molecule has 0 radical (unpaired) electrons. The quantitative estimate of drug-likeness (QED) is 0.886. The van der Waals surface area contributed by atoms with Crippen LogP contribution in [0.2, 0.25) is 0 Å². The fourth-order valence-corrected chi connectivity index (χ4v) is 1.42. The van der Waals surface area contributed by atoms with Crippen LogP contribution in [0.5, 0.6) is 0 Å². The number of halogens is 2. The zero-order valence-corrected chi connectivity index (χ0v) is 11.4. The highest BCUT2D eigenvalue weighted by molar-refractivity contribution is 9.10. The lowest BCUT2D eigenvalue weighted by Crippen LogP contribution is -2.35. The van der Waals surface area contributed by atoms with Crippen LogP contribution in [-0.2, 0) is 0 Å². The molecule has 0 amide bonds. The van der Waals surface area contributed by atoms with Crippen molar-refractivity contribution in [3.05, 3.63) is 40.1 Å². The van der Waals surface area contributed by atoms with Crippen LogP contribution in [0.15, 0.2) is 28.7 Å². The topological polar surface area (TPSA) is 12.0 Å². The van der Waals surface area contributed by atoms with Crippen molar-refractivity contribution in [2.24, 2.45) is 0 Å². The van der Waals surface area contributed by atoms with Gasteiger partial charge in [0.25, 0.3) is 0 Å². The SMILES string of the molecule is CC(C)(C)NC/C=C/c1ccc(Br)c(F)c1. The summed E-state index contributed by atoms with van der Waals surface area (Å²) in [6.07, 6.45) is 3.90. The molecule has 1 rings (SSSR count). The number of rotatable bonds is 3. The third-order valence-electron chi connectivity index (χ3n) is 2.00. The van der Waals surface area contributed by atoms with E-state index in [1.165, 1.54) is 6.07 Å². The number of nitrogens with one attached hydrogen (secondary N) is 1. The Kier molecular flexibility index (Phi) is 4.69. The first-order valence-corrected chi connectivity index (χ1v) is 6.04. The fraction of sp³-hybridized carbons (Fsp3) is 0.385. The molecule has 0 aliphatic carbocycles. The first-order valence-electron chi connectivity index (χ1n) is 5.25. The zero-order valence-electron chi connectivity index (χ0n) is 9.85. The fourth-order valence-electron chi connectivity index (χ4n) is 1.18. The Morgan fingerprint density at radius 1 is 1.38 bits per heavy atom. The van der Waals surface area contributed by atoms with Gasteiger partial charge >= 0.3 is 0 Å². The maximum atomic E-state index is 13.2. The average Bonchev–Trinajstić information content (AvgIpc) is 2.17. The molecule has 1 aromatic carbocycles. The van der Waals surface area contributed by atoms with E-state index in [1.54, 1.807) is 6.07 Å². The second-order valence-corrected chi connectivity index (χ2v) is 5.56. The van der Waals surface area contributed by atoms with Crippen molar-refractivity contribution in [3.63, 3.8) is 0 Å². The highest BCUT2D eigenvalue weighted by atomic mass is 79.9. The van der Waals surface area contributed by atoms with Gasteiger partial charge < -0.3 is 5.32 Å². The maximum absolute atomic E-state index is 13.2. The van der Waals surface area contributed by atoms with E-state index in [4.69, 9.17) is 0 Å². The van der Waals surface area contributed by atoms with Crippen LogP contribution < -0.4 is 5.32 Å². The summed E-state index contributed by atoms with van der Waals surface area (Å²) in [4.78, 5) is 0. The van der Waals surface area contributed by atoms with Crippen LogP contribution in [0.25, 0.3) is 6.08 Å². The lowest BCUT2D eigenvalue weighted by molar-refractivity contribution is 0.450. The molecule has 0 saturated heterocycles. The first kappa shape index (κ1) is 13.4. The van der Waals surface area contributed by atoms with E-state index in [0.29, 0.717) is 4.47 Å². The largest absolute Gasteiger partial charge is 0.309 e. The van der Waals surface area contributed by atoms with Gasteiger partial charge in [0.2, 0.25) is 0 Å². The minimum absolute atomic E-state index is 0.106. The van der Waals surface area contributed by atoms with Crippen LogP contribution in [-0.4, -0.2) is 12.1 Å². The van der Waals surface area contributed by atoms with Gasteiger partial charge in [0.15, 0.2) is 0 Å². The average molecular weight is 286 g/mol. The third kappa shape index (κ3) is 4.90. The Morgan fingerprint density at radius 2 is 2.06 bits per heavy atom. The number of hydrogen-bond donors (Lipinski definition) is 1. The molecule has 0 unspecified atom stereocenters. The van der Waals surface area contributed by atoms with Crippen molar-refractivity contribution < 1.29 is 4.39 Å². The molecule has 1 nitrogen and oxygen atoms in total. The highest BCUT2D eigenvalue weighted by Gasteiger charge is 2.05. The molecule has 1 aromatic rings. The predicted molar refractivity (Wildman–Crippen MR) is 70.9 cm³/mol. The van der Waals surface area contributed by atoms with Gasteiger partial charge in [-0.25, -0.2) is 4.39 Å². The van der Waals surface area contributed by atoms with Gasteiger partial charge in [-0.15, -0.1) is 0 Å². The number of benzene rings is 1. The maximum Gasteiger partial charge on any atom is 0.137 e. The molecule has 0 fully saturated rings. The van der Waals surface area contributed by atoms with E-state index in [9.17, 15) is 4.39 Å². The van der Waals surface area contributed by atoms with Crippen LogP contribution in [0, 0.1) is 5.82 Å². The Labute approximate surface area is 105 Å². The Hall–Kier alpha value is -0.670. The van der Waals surface area contributed by atoms with E-state index < -0.39 is 0 Å². The van der Waals surface area contributed by atoms with Gasteiger partial charge in [0.1, 0.15) is 5.82 Å². The van der Waals surface area contributed by atoms with E-state index in [0.717, 1.165) is 12.1 Å². The van der Waals surface area contributed by atoms with Crippen molar-refractivity contribution in [2.75, 3.05) is 6.54 Å². The minimum atomic E-state index is -0.231. The summed E-state index contributed by atoms with van der Waals surface area (Å²) in [7, 11) is 0.